The number of hydrogen-bond acceptors (Lipinski definition) is 4. The van der Waals surface area contributed by atoms with Gasteiger partial charge in [-0.25, -0.2) is 0 Å². The Kier molecular flexibility index (Phi) is 7.99. The van der Waals surface area contributed by atoms with Gasteiger partial charge in [-0.1, -0.05) is 27.7 Å². The summed E-state index contributed by atoms with van der Waals surface area (Å²) >= 11 is 0. The second-order valence-corrected chi connectivity index (χ2v) is 11.9. The summed E-state index contributed by atoms with van der Waals surface area (Å²) in [5.41, 5.74) is 0. The Morgan fingerprint density at radius 2 is 1.80 bits per heavy atom. The zero-order valence-corrected chi connectivity index (χ0v) is 15.2. The Balaban J connectivity index is 4.72. The van der Waals surface area contributed by atoms with Crippen LogP contribution in [0.3, 0.4) is 0 Å². The molecule has 4 nitrogen and oxygen atoms in total. The Labute approximate surface area is 125 Å². The van der Waals surface area contributed by atoms with Crippen molar-refractivity contribution in [2.75, 3.05) is 13.7 Å². The number of esters is 1. The second kappa shape index (κ2) is 8.15. The molecule has 0 rings (SSSR count). The summed E-state index contributed by atoms with van der Waals surface area (Å²) in [5.74, 6) is 0.00326. The molecule has 0 spiro atoms. The van der Waals surface area contributed by atoms with Gasteiger partial charge >= 0.3 is 5.97 Å². The molecule has 1 N–H and O–H groups in total. The van der Waals surface area contributed by atoms with Crippen LogP contribution in [0.1, 0.15) is 47.0 Å². The molecule has 0 heterocycles. The summed E-state index contributed by atoms with van der Waals surface area (Å²) < 4.78 is 11.1. The highest BCUT2D eigenvalue weighted by molar-refractivity contribution is 6.74. The predicted octanol–water partition coefficient (Wildman–Crippen LogP) is 3.35. The first-order chi connectivity index (χ1) is 9.03. The number of hydrogen-bond donors (Lipinski definition) is 1. The van der Waals surface area contributed by atoms with Gasteiger partial charge in [0.05, 0.1) is 19.6 Å². The Morgan fingerprint density at radius 1 is 1.25 bits per heavy atom. The molecule has 0 fully saturated rings. The van der Waals surface area contributed by atoms with Crippen molar-refractivity contribution in [1.82, 2.24) is 0 Å². The Hall–Kier alpha value is -0.393. The van der Waals surface area contributed by atoms with Crippen molar-refractivity contribution in [3.8, 4) is 0 Å². The van der Waals surface area contributed by atoms with Gasteiger partial charge in [0.2, 0.25) is 0 Å². The van der Waals surface area contributed by atoms with Gasteiger partial charge in [-0.15, -0.1) is 0 Å². The number of aliphatic hydroxyl groups is 1. The Bertz CT molecular complexity index is 297. The quantitative estimate of drug-likeness (QED) is 0.552. The zero-order valence-electron chi connectivity index (χ0n) is 14.2. The fraction of sp³-hybridized carbons (Fsp3) is 0.933. The molecule has 0 aromatic rings. The van der Waals surface area contributed by atoms with Crippen molar-refractivity contribution < 1.29 is 19.1 Å². The third kappa shape index (κ3) is 6.86. The van der Waals surface area contributed by atoms with E-state index < -0.39 is 8.32 Å². The van der Waals surface area contributed by atoms with E-state index in [1.807, 2.05) is 6.92 Å². The molecule has 0 unspecified atom stereocenters. The highest BCUT2D eigenvalue weighted by Gasteiger charge is 2.39. The van der Waals surface area contributed by atoms with Crippen LogP contribution in [0.5, 0.6) is 0 Å². The fourth-order valence-electron chi connectivity index (χ4n) is 1.63. The fourth-order valence-corrected chi connectivity index (χ4v) is 3.02. The smallest absolute Gasteiger partial charge is 0.308 e. The maximum Gasteiger partial charge on any atom is 0.308 e. The number of methoxy groups -OCH3 is 1. The standard InChI is InChI=1S/C15H32O4Si/c1-12(11-16)8-9-13(10-14(17)18-5)19-20(6,7)15(2,3)4/h12-13,16H,8-11H2,1-7H3/t12-,13+/m1/s1. The molecule has 2 atom stereocenters. The van der Waals surface area contributed by atoms with E-state index in [9.17, 15) is 4.79 Å². The van der Waals surface area contributed by atoms with Gasteiger partial charge in [0.1, 0.15) is 0 Å². The molecule has 0 radical (unpaired) electrons. The van der Waals surface area contributed by atoms with E-state index in [2.05, 4.69) is 33.9 Å². The average molecular weight is 305 g/mol. The van der Waals surface area contributed by atoms with Crippen LogP contribution in [-0.2, 0) is 14.0 Å². The first-order valence-electron chi connectivity index (χ1n) is 7.39. The van der Waals surface area contributed by atoms with Gasteiger partial charge in [-0.05, 0) is 36.9 Å². The highest BCUT2D eigenvalue weighted by atomic mass is 28.4. The van der Waals surface area contributed by atoms with Crippen molar-refractivity contribution in [1.29, 1.82) is 0 Å². The first kappa shape index (κ1) is 19.6. The van der Waals surface area contributed by atoms with E-state index in [1.165, 1.54) is 7.11 Å². The van der Waals surface area contributed by atoms with Gasteiger partial charge in [0.15, 0.2) is 8.32 Å². The number of carbonyl (C=O) groups excluding carboxylic acids is 1. The van der Waals surface area contributed by atoms with Crippen LogP contribution in [0, 0.1) is 5.92 Å². The van der Waals surface area contributed by atoms with E-state index in [0.717, 1.165) is 12.8 Å². The summed E-state index contributed by atoms with van der Waals surface area (Å²) in [6.07, 6.45) is 1.81. The maximum atomic E-state index is 11.5. The molecule has 120 valence electrons. The Morgan fingerprint density at radius 3 is 2.20 bits per heavy atom. The van der Waals surface area contributed by atoms with Crippen molar-refractivity contribution in [3.63, 3.8) is 0 Å². The maximum absolute atomic E-state index is 11.5. The van der Waals surface area contributed by atoms with E-state index in [0.29, 0.717) is 6.42 Å². The molecule has 20 heavy (non-hydrogen) atoms. The topological polar surface area (TPSA) is 55.8 Å². The molecular weight excluding hydrogens is 272 g/mol. The second-order valence-electron chi connectivity index (χ2n) is 7.15. The summed E-state index contributed by atoms with van der Waals surface area (Å²) in [5, 5.41) is 9.23. The SMILES string of the molecule is COC(=O)C[C@H](CC[C@@H](C)CO)O[Si](C)(C)C(C)(C)C. The van der Waals surface area contributed by atoms with Crippen LogP contribution < -0.4 is 0 Å². The monoisotopic (exact) mass is 304 g/mol. The normalized spacial score (nSPS) is 15.8. The van der Waals surface area contributed by atoms with Gasteiger partial charge in [-0.3, -0.25) is 4.79 Å². The first-order valence-corrected chi connectivity index (χ1v) is 10.3. The predicted molar refractivity (Wildman–Crippen MR) is 84.2 cm³/mol. The van der Waals surface area contributed by atoms with Crippen molar-refractivity contribution in [2.45, 2.75) is 71.2 Å². The molecule has 5 heteroatoms. The minimum absolute atomic E-state index is 0.114. The lowest BCUT2D eigenvalue weighted by Gasteiger charge is -2.39. The van der Waals surface area contributed by atoms with Gasteiger partial charge in [0.25, 0.3) is 0 Å². The van der Waals surface area contributed by atoms with E-state index >= 15 is 0 Å². The van der Waals surface area contributed by atoms with Crippen LogP contribution in [0.4, 0.5) is 0 Å². The lowest BCUT2D eigenvalue weighted by Crippen LogP contribution is -2.44. The number of carbonyl (C=O) groups is 1. The van der Waals surface area contributed by atoms with Crippen molar-refractivity contribution >= 4 is 14.3 Å². The van der Waals surface area contributed by atoms with Gasteiger partial charge in [-0.2, -0.15) is 0 Å². The lowest BCUT2D eigenvalue weighted by molar-refractivity contribution is -0.142. The largest absolute Gasteiger partial charge is 0.469 e. The molecule has 0 aliphatic rings. The molecule has 0 aliphatic heterocycles. The highest BCUT2D eigenvalue weighted by Crippen LogP contribution is 2.38. The van der Waals surface area contributed by atoms with Crippen LogP contribution in [0.2, 0.25) is 18.1 Å². The summed E-state index contributed by atoms with van der Waals surface area (Å²) in [6, 6.07) is 0. The van der Waals surface area contributed by atoms with Crippen LogP contribution >= 0.6 is 0 Å². The number of ether oxygens (including phenoxy) is 1. The van der Waals surface area contributed by atoms with E-state index in [4.69, 9.17) is 14.3 Å². The minimum atomic E-state index is -1.90. The van der Waals surface area contributed by atoms with Crippen LogP contribution in [0.25, 0.3) is 0 Å². The molecule has 0 saturated carbocycles. The molecule has 0 bridgehead atoms. The van der Waals surface area contributed by atoms with Crippen LogP contribution in [-0.4, -0.2) is 39.2 Å². The van der Waals surface area contributed by atoms with E-state index in [-0.39, 0.29) is 29.6 Å². The van der Waals surface area contributed by atoms with Crippen molar-refractivity contribution in [3.05, 3.63) is 0 Å². The summed E-state index contributed by atoms with van der Waals surface area (Å²) in [6.45, 7) is 13.1. The third-order valence-corrected chi connectivity index (χ3v) is 8.72. The summed E-state index contributed by atoms with van der Waals surface area (Å²) in [7, 11) is -0.495. The summed E-state index contributed by atoms with van der Waals surface area (Å²) in [4.78, 5) is 11.5. The molecule has 0 aliphatic carbocycles. The average Bonchev–Trinajstić information content (AvgIpc) is 2.33. The minimum Gasteiger partial charge on any atom is -0.469 e. The van der Waals surface area contributed by atoms with Gasteiger partial charge < -0.3 is 14.3 Å². The molecule has 0 aromatic carbocycles. The lowest BCUT2D eigenvalue weighted by atomic mass is 10.0. The number of aliphatic hydroxyl groups excluding tert-OH is 1. The number of rotatable bonds is 8. The van der Waals surface area contributed by atoms with Crippen molar-refractivity contribution in [2.24, 2.45) is 5.92 Å². The molecule has 0 amide bonds. The van der Waals surface area contributed by atoms with Crippen LogP contribution in [0.15, 0.2) is 0 Å². The molecule has 0 aromatic heterocycles. The molecular formula is C15H32O4Si. The zero-order chi connectivity index (χ0) is 16.0. The molecule has 0 saturated heterocycles. The third-order valence-electron chi connectivity index (χ3n) is 4.18. The van der Waals surface area contributed by atoms with Gasteiger partial charge in [0, 0.05) is 6.61 Å². The van der Waals surface area contributed by atoms with E-state index in [1.54, 1.807) is 0 Å².